The van der Waals surface area contributed by atoms with E-state index in [0.29, 0.717) is 17.3 Å². The molecule has 1 atom stereocenters. The second kappa shape index (κ2) is 9.22. The van der Waals surface area contributed by atoms with Crippen LogP contribution in [-0.4, -0.2) is 48.6 Å². The third-order valence-corrected chi connectivity index (χ3v) is 5.52. The first-order chi connectivity index (χ1) is 11.2. The molecule has 0 heterocycles. The predicted molar refractivity (Wildman–Crippen MR) is 104 cm³/mol. The molecule has 1 rings (SSSR count). The maximum atomic E-state index is 12.1. The van der Waals surface area contributed by atoms with Crippen LogP contribution < -0.4 is 10.2 Å². The Bertz CT molecular complexity index is 559. The van der Waals surface area contributed by atoms with Gasteiger partial charge >= 0.3 is 5.97 Å². The number of carbonyl (C=O) groups excluding carboxylic acids is 1. The van der Waals surface area contributed by atoms with E-state index in [-0.39, 0.29) is 5.91 Å². The Morgan fingerprint density at radius 3 is 2.33 bits per heavy atom. The van der Waals surface area contributed by atoms with Gasteiger partial charge in [-0.2, -0.15) is 24.4 Å². The van der Waals surface area contributed by atoms with Crippen molar-refractivity contribution in [1.29, 1.82) is 0 Å². The summed E-state index contributed by atoms with van der Waals surface area (Å²) in [7, 11) is 3.96. The van der Waals surface area contributed by atoms with Crippen LogP contribution in [0.3, 0.4) is 0 Å². The largest absolute Gasteiger partial charge is 0.480 e. The number of hydrogen-bond acceptors (Lipinski definition) is 5. The fourth-order valence-corrected chi connectivity index (χ4v) is 2.94. The molecule has 0 saturated heterocycles. The number of hydrogen-bond donors (Lipinski definition) is 3. The van der Waals surface area contributed by atoms with E-state index in [1.165, 1.54) is 11.8 Å². The van der Waals surface area contributed by atoms with Crippen LogP contribution in [0.1, 0.15) is 19.4 Å². The van der Waals surface area contributed by atoms with E-state index in [2.05, 4.69) is 17.9 Å². The SMILES string of the molecule is CN(C)c1ccc(CSC[C@H](NC(=O)C(C)(C)CS)C(=O)O)cc1. The standard InChI is InChI=1S/C17H26N2O3S2/c1-17(2,11-23)16(22)18-14(15(20)21)10-24-9-12-5-7-13(8-6-12)19(3)4/h5-8,14,23H,9-11H2,1-4H3,(H,18,22)(H,20,21)/t14-/m0/s1. The number of amides is 1. The molecule has 0 aromatic heterocycles. The summed E-state index contributed by atoms with van der Waals surface area (Å²) < 4.78 is 0. The summed E-state index contributed by atoms with van der Waals surface area (Å²) in [5, 5.41) is 11.9. The van der Waals surface area contributed by atoms with Crippen molar-refractivity contribution < 1.29 is 14.7 Å². The first kappa shape index (κ1) is 20.7. The molecule has 1 aromatic carbocycles. The molecule has 0 unspecified atom stereocenters. The van der Waals surface area contributed by atoms with Crippen LogP contribution in [0.15, 0.2) is 24.3 Å². The van der Waals surface area contributed by atoms with Crippen molar-refractivity contribution in [2.45, 2.75) is 25.6 Å². The molecule has 5 nitrogen and oxygen atoms in total. The van der Waals surface area contributed by atoms with E-state index >= 15 is 0 Å². The van der Waals surface area contributed by atoms with Crippen LogP contribution in [0.5, 0.6) is 0 Å². The first-order valence-electron chi connectivity index (χ1n) is 7.66. The number of aliphatic carboxylic acids is 1. The average Bonchev–Trinajstić information content (AvgIpc) is 2.53. The number of rotatable bonds is 9. The number of carboxylic acids is 1. The second-order valence-corrected chi connectivity index (χ2v) is 7.83. The topological polar surface area (TPSA) is 69.6 Å². The third kappa shape index (κ3) is 6.28. The molecule has 2 N–H and O–H groups in total. The highest BCUT2D eigenvalue weighted by molar-refractivity contribution is 7.98. The molecule has 0 fully saturated rings. The van der Waals surface area contributed by atoms with Crippen molar-refractivity contribution in [3.8, 4) is 0 Å². The Morgan fingerprint density at radius 1 is 1.29 bits per heavy atom. The monoisotopic (exact) mass is 370 g/mol. The third-order valence-electron chi connectivity index (χ3n) is 3.62. The molecule has 0 aliphatic carbocycles. The number of nitrogens with one attached hydrogen (secondary N) is 1. The lowest BCUT2D eigenvalue weighted by Gasteiger charge is -2.24. The Morgan fingerprint density at radius 2 is 1.88 bits per heavy atom. The Balaban J connectivity index is 2.55. The van der Waals surface area contributed by atoms with Crippen LogP contribution in [0.4, 0.5) is 5.69 Å². The van der Waals surface area contributed by atoms with Crippen molar-refractivity contribution in [2.24, 2.45) is 5.41 Å². The van der Waals surface area contributed by atoms with Crippen molar-refractivity contribution in [1.82, 2.24) is 5.32 Å². The molecular weight excluding hydrogens is 344 g/mol. The maximum absolute atomic E-state index is 12.1. The van der Waals surface area contributed by atoms with Crippen molar-refractivity contribution in [2.75, 3.05) is 30.5 Å². The van der Waals surface area contributed by atoms with Gasteiger partial charge in [0.15, 0.2) is 0 Å². The highest BCUT2D eigenvalue weighted by Gasteiger charge is 2.30. The van der Waals surface area contributed by atoms with Crippen LogP contribution in [0.2, 0.25) is 0 Å². The summed E-state index contributed by atoms with van der Waals surface area (Å²) in [6, 6.07) is 7.22. The lowest BCUT2D eigenvalue weighted by molar-refractivity contribution is -0.142. The number of thiol groups is 1. The molecule has 1 aromatic rings. The molecule has 24 heavy (non-hydrogen) atoms. The minimum Gasteiger partial charge on any atom is -0.480 e. The van der Waals surface area contributed by atoms with Crippen molar-refractivity contribution in [3.05, 3.63) is 29.8 Å². The van der Waals surface area contributed by atoms with Gasteiger partial charge in [0.05, 0.1) is 5.41 Å². The van der Waals surface area contributed by atoms with E-state index in [1.54, 1.807) is 13.8 Å². The number of nitrogens with zero attached hydrogens (tertiary/aromatic N) is 1. The number of anilines is 1. The lowest BCUT2D eigenvalue weighted by atomic mass is 9.95. The van der Waals surface area contributed by atoms with E-state index in [1.807, 2.05) is 43.3 Å². The van der Waals surface area contributed by atoms with Crippen LogP contribution in [0, 0.1) is 5.41 Å². The van der Waals surface area contributed by atoms with Gasteiger partial charge in [0, 0.05) is 37.0 Å². The molecule has 7 heteroatoms. The zero-order chi connectivity index (χ0) is 18.3. The minimum atomic E-state index is -1.02. The zero-order valence-electron chi connectivity index (χ0n) is 14.6. The first-order valence-corrected chi connectivity index (χ1v) is 9.44. The normalized spacial score (nSPS) is 12.5. The van der Waals surface area contributed by atoms with Gasteiger partial charge in [-0.05, 0) is 17.7 Å². The Hall–Kier alpha value is -1.34. The summed E-state index contributed by atoms with van der Waals surface area (Å²) >= 11 is 5.63. The average molecular weight is 371 g/mol. The summed E-state index contributed by atoms with van der Waals surface area (Å²) in [6.07, 6.45) is 0. The second-order valence-electron chi connectivity index (χ2n) is 6.48. The van der Waals surface area contributed by atoms with E-state index in [9.17, 15) is 14.7 Å². The highest BCUT2D eigenvalue weighted by Crippen LogP contribution is 2.19. The van der Waals surface area contributed by atoms with Gasteiger partial charge in [0.2, 0.25) is 5.91 Å². The molecule has 0 aliphatic heterocycles. The maximum Gasteiger partial charge on any atom is 0.327 e. The fraction of sp³-hybridized carbons (Fsp3) is 0.529. The van der Waals surface area contributed by atoms with Crippen molar-refractivity contribution >= 4 is 42.0 Å². The Labute approximate surface area is 153 Å². The number of carbonyl (C=O) groups is 2. The lowest BCUT2D eigenvalue weighted by Crippen LogP contribution is -2.48. The fourth-order valence-electron chi connectivity index (χ4n) is 1.79. The van der Waals surface area contributed by atoms with Gasteiger partial charge in [0.1, 0.15) is 6.04 Å². The van der Waals surface area contributed by atoms with Gasteiger partial charge in [-0.25, -0.2) is 4.79 Å². The Kier molecular flexibility index (Phi) is 7.96. The van der Waals surface area contributed by atoms with Crippen molar-refractivity contribution in [3.63, 3.8) is 0 Å². The molecule has 0 aliphatic rings. The van der Waals surface area contributed by atoms with Gasteiger partial charge in [-0.15, -0.1) is 0 Å². The van der Waals surface area contributed by atoms with E-state index in [0.717, 1.165) is 11.3 Å². The summed E-state index contributed by atoms with van der Waals surface area (Å²) in [6.45, 7) is 3.49. The molecule has 0 spiro atoms. The summed E-state index contributed by atoms with van der Waals surface area (Å²) in [5.41, 5.74) is 1.55. The van der Waals surface area contributed by atoms with Gasteiger partial charge in [-0.3, -0.25) is 4.79 Å². The molecular formula is C17H26N2O3S2. The summed E-state index contributed by atoms with van der Waals surface area (Å²) in [5.74, 6) is 0.0635. The van der Waals surface area contributed by atoms with E-state index < -0.39 is 17.4 Å². The van der Waals surface area contributed by atoms with E-state index in [4.69, 9.17) is 0 Å². The zero-order valence-corrected chi connectivity index (χ0v) is 16.3. The van der Waals surface area contributed by atoms with Crippen LogP contribution >= 0.6 is 24.4 Å². The van der Waals surface area contributed by atoms with Crippen LogP contribution in [0.25, 0.3) is 0 Å². The van der Waals surface area contributed by atoms with Gasteiger partial charge < -0.3 is 15.3 Å². The molecule has 134 valence electrons. The summed E-state index contributed by atoms with van der Waals surface area (Å²) in [4.78, 5) is 25.5. The van der Waals surface area contributed by atoms with Crippen LogP contribution in [-0.2, 0) is 15.3 Å². The molecule has 0 radical (unpaired) electrons. The smallest absolute Gasteiger partial charge is 0.327 e. The number of benzene rings is 1. The quantitative estimate of drug-likeness (QED) is 0.583. The van der Waals surface area contributed by atoms with Gasteiger partial charge in [-0.1, -0.05) is 26.0 Å². The predicted octanol–water partition coefficient (Wildman–Crippen LogP) is 2.51. The minimum absolute atomic E-state index is 0.291. The number of thioether (sulfide) groups is 1. The molecule has 0 bridgehead atoms. The number of carboxylic acid groups (broad SMARTS) is 1. The molecule has 0 saturated carbocycles. The van der Waals surface area contributed by atoms with Gasteiger partial charge in [0.25, 0.3) is 0 Å². The molecule has 1 amide bonds. The highest BCUT2D eigenvalue weighted by atomic mass is 32.2.